The van der Waals surface area contributed by atoms with Gasteiger partial charge in [-0.15, -0.1) is 0 Å². The summed E-state index contributed by atoms with van der Waals surface area (Å²) in [6.07, 6.45) is 1.24. The molecular formula is C12H27N3. The number of nitrogens with one attached hydrogen (secondary N) is 1. The Hall–Kier alpha value is -0.120. The number of hydrogen-bond acceptors (Lipinski definition) is 3. The number of rotatable bonds is 6. The van der Waals surface area contributed by atoms with Crippen molar-refractivity contribution in [3.63, 3.8) is 0 Å². The van der Waals surface area contributed by atoms with Gasteiger partial charge in [-0.2, -0.15) is 0 Å². The Labute approximate surface area is 94.8 Å². The van der Waals surface area contributed by atoms with E-state index in [9.17, 15) is 0 Å². The zero-order valence-corrected chi connectivity index (χ0v) is 10.6. The molecule has 90 valence electrons. The molecule has 0 aliphatic carbocycles. The standard InChI is InChI=1S/C12H27N3/c1-4-5-13-6-7-14-8-10-15(11-9-14)12(2)3/h12-13H,4-11H2,1-3H3. The van der Waals surface area contributed by atoms with Crippen LogP contribution in [0.2, 0.25) is 0 Å². The summed E-state index contributed by atoms with van der Waals surface area (Å²) in [4.78, 5) is 5.14. The van der Waals surface area contributed by atoms with E-state index in [-0.39, 0.29) is 0 Å². The topological polar surface area (TPSA) is 18.5 Å². The monoisotopic (exact) mass is 213 g/mol. The lowest BCUT2D eigenvalue weighted by atomic mass is 10.2. The zero-order valence-electron chi connectivity index (χ0n) is 10.6. The van der Waals surface area contributed by atoms with Crippen LogP contribution in [0.1, 0.15) is 27.2 Å². The Kier molecular flexibility index (Phi) is 6.22. The quantitative estimate of drug-likeness (QED) is 0.664. The third-order valence-electron chi connectivity index (χ3n) is 3.17. The fourth-order valence-electron chi connectivity index (χ4n) is 2.04. The van der Waals surface area contributed by atoms with Gasteiger partial charge in [-0.05, 0) is 26.8 Å². The van der Waals surface area contributed by atoms with Gasteiger partial charge in [0.1, 0.15) is 0 Å². The maximum Gasteiger partial charge on any atom is 0.0113 e. The molecule has 15 heavy (non-hydrogen) atoms. The minimum absolute atomic E-state index is 0.713. The molecule has 3 nitrogen and oxygen atoms in total. The molecule has 1 N–H and O–H groups in total. The fraction of sp³-hybridized carbons (Fsp3) is 1.00. The van der Waals surface area contributed by atoms with Crippen molar-refractivity contribution in [2.45, 2.75) is 33.2 Å². The summed E-state index contributed by atoms with van der Waals surface area (Å²) >= 11 is 0. The van der Waals surface area contributed by atoms with E-state index in [2.05, 4.69) is 35.9 Å². The van der Waals surface area contributed by atoms with Crippen LogP contribution in [0.3, 0.4) is 0 Å². The molecule has 0 aromatic rings. The summed E-state index contributed by atoms with van der Waals surface area (Å²) in [6.45, 7) is 15.3. The average Bonchev–Trinajstić information content (AvgIpc) is 2.25. The van der Waals surface area contributed by atoms with Crippen LogP contribution in [0.25, 0.3) is 0 Å². The smallest absolute Gasteiger partial charge is 0.0113 e. The molecule has 1 fully saturated rings. The SMILES string of the molecule is CCCNCCN1CCN(C(C)C)CC1. The van der Waals surface area contributed by atoms with Gasteiger partial charge < -0.3 is 5.32 Å². The molecule has 0 aromatic heterocycles. The first-order valence-corrected chi connectivity index (χ1v) is 6.41. The second kappa shape index (κ2) is 7.20. The Morgan fingerprint density at radius 1 is 1.07 bits per heavy atom. The summed E-state index contributed by atoms with van der Waals surface area (Å²) in [7, 11) is 0. The van der Waals surface area contributed by atoms with E-state index in [4.69, 9.17) is 0 Å². The van der Waals surface area contributed by atoms with Crippen LogP contribution in [-0.2, 0) is 0 Å². The Morgan fingerprint density at radius 3 is 2.27 bits per heavy atom. The van der Waals surface area contributed by atoms with Gasteiger partial charge >= 0.3 is 0 Å². The van der Waals surface area contributed by atoms with E-state index in [1.807, 2.05) is 0 Å². The van der Waals surface area contributed by atoms with Crippen molar-refractivity contribution >= 4 is 0 Å². The van der Waals surface area contributed by atoms with E-state index in [0.29, 0.717) is 6.04 Å². The molecule has 0 atom stereocenters. The average molecular weight is 213 g/mol. The van der Waals surface area contributed by atoms with E-state index in [0.717, 1.165) is 13.1 Å². The molecule has 0 saturated carbocycles. The summed E-state index contributed by atoms with van der Waals surface area (Å²) in [5.74, 6) is 0. The Bertz CT molecular complexity index is 151. The summed E-state index contributed by atoms with van der Waals surface area (Å²) in [5, 5.41) is 3.46. The highest BCUT2D eigenvalue weighted by atomic mass is 15.3. The second-order valence-corrected chi connectivity index (χ2v) is 4.72. The molecule has 0 amide bonds. The minimum Gasteiger partial charge on any atom is -0.315 e. The molecule has 0 bridgehead atoms. The molecule has 0 unspecified atom stereocenters. The van der Waals surface area contributed by atoms with Crippen molar-refractivity contribution in [1.29, 1.82) is 0 Å². The van der Waals surface area contributed by atoms with Crippen molar-refractivity contribution in [1.82, 2.24) is 15.1 Å². The van der Waals surface area contributed by atoms with Crippen LogP contribution in [0, 0.1) is 0 Å². The molecule has 1 aliphatic rings. The molecule has 1 aliphatic heterocycles. The lowest BCUT2D eigenvalue weighted by molar-refractivity contribution is 0.109. The van der Waals surface area contributed by atoms with E-state index in [1.54, 1.807) is 0 Å². The lowest BCUT2D eigenvalue weighted by Crippen LogP contribution is -2.50. The molecule has 3 heteroatoms. The van der Waals surface area contributed by atoms with Gasteiger partial charge in [0, 0.05) is 45.3 Å². The molecule has 1 heterocycles. The fourth-order valence-corrected chi connectivity index (χ4v) is 2.04. The largest absolute Gasteiger partial charge is 0.315 e. The van der Waals surface area contributed by atoms with Gasteiger partial charge in [0.25, 0.3) is 0 Å². The lowest BCUT2D eigenvalue weighted by Gasteiger charge is -2.36. The molecular weight excluding hydrogens is 186 g/mol. The third kappa shape index (κ3) is 4.96. The summed E-state index contributed by atoms with van der Waals surface area (Å²) < 4.78 is 0. The van der Waals surface area contributed by atoms with Crippen molar-refractivity contribution in [3.8, 4) is 0 Å². The van der Waals surface area contributed by atoms with Crippen molar-refractivity contribution in [3.05, 3.63) is 0 Å². The van der Waals surface area contributed by atoms with Gasteiger partial charge in [-0.1, -0.05) is 6.92 Å². The summed E-state index contributed by atoms with van der Waals surface area (Å²) in [5.41, 5.74) is 0. The Balaban J connectivity index is 2.04. The van der Waals surface area contributed by atoms with Gasteiger partial charge in [-0.25, -0.2) is 0 Å². The summed E-state index contributed by atoms with van der Waals surface area (Å²) in [6, 6.07) is 0.713. The van der Waals surface area contributed by atoms with Gasteiger partial charge in [0.05, 0.1) is 0 Å². The zero-order chi connectivity index (χ0) is 11.1. The highest BCUT2D eigenvalue weighted by molar-refractivity contribution is 4.74. The maximum absolute atomic E-state index is 3.46. The normalized spacial score (nSPS) is 20.0. The van der Waals surface area contributed by atoms with Crippen LogP contribution in [0.5, 0.6) is 0 Å². The first kappa shape index (κ1) is 12.9. The van der Waals surface area contributed by atoms with E-state index < -0.39 is 0 Å². The predicted octanol–water partition coefficient (Wildman–Crippen LogP) is 1.01. The van der Waals surface area contributed by atoms with Crippen LogP contribution >= 0.6 is 0 Å². The van der Waals surface area contributed by atoms with Crippen LogP contribution in [0.15, 0.2) is 0 Å². The van der Waals surface area contributed by atoms with Crippen LogP contribution < -0.4 is 5.32 Å². The predicted molar refractivity (Wildman–Crippen MR) is 66.3 cm³/mol. The first-order valence-electron chi connectivity index (χ1n) is 6.41. The molecule has 0 aromatic carbocycles. The highest BCUT2D eigenvalue weighted by Crippen LogP contribution is 2.04. The maximum atomic E-state index is 3.46. The molecule has 1 rings (SSSR count). The number of hydrogen-bond donors (Lipinski definition) is 1. The van der Waals surface area contributed by atoms with E-state index in [1.165, 1.54) is 39.1 Å². The van der Waals surface area contributed by atoms with Crippen molar-refractivity contribution in [2.75, 3.05) is 45.8 Å². The highest BCUT2D eigenvalue weighted by Gasteiger charge is 2.17. The Morgan fingerprint density at radius 2 is 1.73 bits per heavy atom. The molecule has 0 radical (unpaired) electrons. The second-order valence-electron chi connectivity index (χ2n) is 4.72. The minimum atomic E-state index is 0.713. The van der Waals surface area contributed by atoms with Crippen molar-refractivity contribution < 1.29 is 0 Å². The van der Waals surface area contributed by atoms with Crippen LogP contribution in [0.4, 0.5) is 0 Å². The van der Waals surface area contributed by atoms with E-state index >= 15 is 0 Å². The van der Waals surface area contributed by atoms with Gasteiger partial charge in [0.2, 0.25) is 0 Å². The first-order chi connectivity index (χ1) is 7.24. The third-order valence-corrected chi connectivity index (χ3v) is 3.17. The number of piperazine rings is 1. The van der Waals surface area contributed by atoms with Gasteiger partial charge in [-0.3, -0.25) is 9.80 Å². The molecule has 0 spiro atoms. The number of nitrogens with zero attached hydrogens (tertiary/aromatic N) is 2. The van der Waals surface area contributed by atoms with Crippen LogP contribution in [-0.4, -0.2) is 61.7 Å². The van der Waals surface area contributed by atoms with Crippen molar-refractivity contribution in [2.24, 2.45) is 0 Å². The molecule has 1 saturated heterocycles. The van der Waals surface area contributed by atoms with Gasteiger partial charge in [0.15, 0.2) is 0 Å².